The van der Waals surface area contributed by atoms with Gasteiger partial charge < -0.3 is 5.32 Å². The molecule has 1 saturated carbocycles. The lowest BCUT2D eigenvalue weighted by Crippen LogP contribution is -2.44. The van der Waals surface area contributed by atoms with Crippen molar-refractivity contribution in [2.75, 3.05) is 27.3 Å². The molecular formula is C10H23N3. The predicted molar refractivity (Wildman–Crippen MR) is 56.5 cm³/mol. The maximum atomic E-state index is 3.47. The molecule has 78 valence electrons. The van der Waals surface area contributed by atoms with Gasteiger partial charge in [-0.3, -0.25) is 10.2 Å². The number of nitrogens with zero attached hydrogens (tertiary/aromatic N) is 1. The zero-order valence-corrected chi connectivity index (χ0v) is 9.14. The van der Waals surface area contributed by atoms with Crippen molar-refractivity contribution in [3.8, 4) is 0 Å². The Morgan fingerprint density at radius 2 is 2.00 bits per heavy atom. The van der Waals surface area contributed by atoms with E-state index in [9.17, 15) is 0 Å². The van der Waals surface area contributed by atoms with E-state index >= 15 is 0 Å². The molecule has 0 aromatic rings. The van der Waals surface area contributed by atoms with E-state index in [1.165, 1.54) is 19.3 Å². The van der Waals surface area contributed by atoms with Gasteiger partial charge >= 0.3 is 0 Å². The molecule has 1 fully saturated rings. The molecule has 0 radical (unpaired) electrons. The summed E-state index contributed by atoms with van der Waals surface area (Å²) in [6.07, 6.45) is 4.71. The third kappa shape index (κ3) is 6.02. The van der Waals surface area contributed by atoms with Crippen molar-refractivity contribution in [2.24, 2.45) is 5.92 Å². The molecule has 3 heteroatoms. The van der Waals surface area contributed by atoms with Crippen LogP contribution in [0.4, 0.5) is 0 Å². The molecule has 1 unspecified atom stereocenters. The molecule has 1 aliphatic carbocycles. The van der Waals surface area contributed by atoms with E-state index in [1.807, 2.05) is 0 Å². The molecule has 13 heavy (non-hydrogen) atoms. The van der Waals surface area contributed by atoms with Crippen LogP contribution in [0.5, 0.6) is 0 Å². The normalized spacial score (nSPS) is 19.4. The van der Waals surface area contributed by atoms with Crippen LogP contribution in [0, 0.1) is 5.92 Å². The highest BCUT2D eigenvalue weighted by Crippen LogP contribution is 2.31. The van der Waals surface area contributed by atoms with E-state index in [0.29, 0.717) is 6.17 Å². The summed E-state index contributed by atoms with van der Waals surface area (Å²) in [6.45, 7) is 4.28. The summed E-state index contributed by atoms with van der Waals surface area (Å²) in [5.74, 6) is 1.04. The van der Waals surface area contributed by atoms with Gasteiger partial charge in [0.2, 0.25) is 0 Å². The molecule has 0 bridgehead atoms. The minimum atomic E-state index is 0.432. The molecule has 0 saturated heterocycles. The summed E-state index contributed by atoms with van der Waals surface area (Å²) in [6, 6.07) is 0. The Kier molecular flexibility index (Phi) is 4.70. The highest BCUT2D eigenvalue weighted by Gasteiger charge is 2.20. The first-order chi connectivity index (χ1) is 6.18. The van der Waals surface area contributed by atoms with Gasteiger partial charge in [0, 0.05) is 6.67 Å². The van der Waals surface area contributed by atoms with Crippen LogP contribution in [-0.2, 0) is 0 Å². The Morgan fingerprint density at radius 1 is 1.31 bits per heavy atom. The first kappa shape index (κ1) is 11.0. The highest BCUT2D eigenvalue weighted by molar-refractivity contribution is 4.74. The summed E-state index contributed by atoms with van der Waals surface area (Å²) in [4.78, 5) is 2.14. The van der Waals surface area contributed by atoms with Gasteiger partial charge in [0.1, 0.15) is 0 Å². The van der Waals surface area contributed by atoms with E-state index in [0.717, 1.165) is 19.1 Å². The van der Waals surface area contributed by atoms with E-state index in [-0.39, 0.29) is 0 Å². The van der Waals surface area contributed by atoms with Gasteiger partial charge in [-0.2, -0.15) is 0 Å². The molecule has 1 atom stereocenters. The van der Waals surface area contributed by atoms with Crippen molar-refractivity contribution in [3.63, 3.8) is 0 Å². The van der Waals surface area contributed by atoms with Crippen LogP contribution in [0.2, 0.25) is 0 Å². The van der Waals surface area contributed by atoms with Gasteiger partial charge in [-0.25, -0.2) is 0 Å². The van der Waals surface area contributed by atoms with Crippen molar-refractivity contribution < 1.29 is 0 Å². The fraction of sp³-hybridized carbons (Fsp3) is 1.00. The highest BCUT2D eigenvalue weighted by atomic mass is 15.2. The quantitative estimate of drug-likeness (QED) is 0.575. The second-order valence-electron chi connectivity index (χ2n) is 4.35. The first-order valence-corrected chi connectivity index (χ1v) is 5.30. The maximum Gasteiger partial charge on any atom is 0.0552 e. The Morgan fingerprint density at radius 3 is 2.54 bits per heavy atom. The molecule has 1 rings (SSSR count). The Balaban J connectivity index is 1.87. The standard InChI is InChI=1S/C10H23N3/c1-9(12-8-13(2)3)11-7-6-10-4-5-10/h9-12H,4-8H2,1-3H3. The monoisotopic (exact) mass is 185 g/mol. The van der Waals surface area contributed by atoms with E-state index in [4.69, 9.17) is 0 Å². The molecular weight excluding hydrogens is 162 g/mol. The van der Waals surface area contributed by atoms with Crippen LogP contribution >= 0.6 is 0 Å². The van der Waals surface area contributed by atoms with Gasteiger partial charge in [0.05, 0.1) is 6.17 Å². The van der Waals surface area contributed by atoms with Crippen molar-refractivity contribution in [1.82, 2.24) is 15.5 Å². The fourth-order valence-corrected chi connectivity index (χ4v) is 1.30. The summed E-state index contributed by atoms with van der Waals surface area (Å²) < 4.78 is 0. The van der Waals surface area contributed by atoms with Crippen LogP contribution in [0.1, 0.15) is 26.2 Å². The van der Waals surface area contributed by atoms with Gasteiger partial charge in [-0.05, 0) is 39.9 Å². The summed E-state index contributed by atoms with van der Waals surface area (Å²) in [5.41, 5.74) is 0. The van der Waals surface area contributed by atoms with Crippen LogP contribution < -0.4 is 10.6 Å². The first-order valence-electron chi connectivity index (χ1n) is 5.30. The van der Waals surface area contributed by atoms with Crippen molar-refractivity contribution in [3.05, 3.63) is 0 Å². The van der Waals surface area contributed by atoms with E-state index in [2.05, 4.69) is 36.6 Å². The van der Waals surface area contributed by atoms with Crippen molar-refractivity contribution in [1.29, 1.82) is 0 Å². The average Bonchev–Trinajstić information content (AvgIpc) is 2.84. The van der Waals surface area contributed by atoms with Crippen LogP contribution in [-0.4, -0.2) is 38.4 Å². The van der Waals surface area contributed by atoms with Crippen LogP contribution in [0.3, 0.4) is 0 Å². The topological polar surface area (TPSA) is 27.3 Å². The largest absolute Gasteiger partial charge is 0.302 e. The number of rotatable bonds is 7. The van der Waals surface area contributed by atoms with Crippen molar-refractivity contribution >= 4 is 0 Å². The maximum absolute atomic E-state index is 3.47. The second-order valence-corrected chi connectivity index (χ2v) is 4.35. The lowest BCUT2D eigenvalue weighted by Gasteiger charge is -2.18. The van der Waals surface area contributed by atoms with Crippen LogP contribution in [0.25, 0.3) is 0 Å². The lowest BCUT2D eigenvalue weighted by atomic mass is 10.3. The molecule has 0 aromatic heterocycles. The zero-order chi connectivity index (χ0) is 9.68. The Hall–Kier alpha value is -0.120. The molecule has 0 aliphatic heterocycles. The Labute approximate surface area is 81.9 Å². The van der Waals surface area contributed by atoms with E-state index < -0.39 is 0 Å². The molecule has 1 aliphatic rings. The van der Waals surface area contributed by atoms with E-state index in [1.54, 1.807) is 0 Å². The summed E-state index contributed by atoms with van der Waals surface area (Å²) >= 11 is 0. The van der Waals surface area contributed by atoms with Gasteiger partial charge in [0.25, 0.3) is 0 Å². The molecule has 3 nitrogen and oxygen atoms in total. The van der Waals surface area contributed by atoms with Gasteiger partial charge in [0.15, 0.2) is 0 Å². The third-order valence-corrected chi connectivity index (χ3v) is 2.41. The smallest absolute Gasteiger partial charge is 0.0552 e. The lowest BCUT2D eigenvalue weighted by molar-refractivity contribution is 0.321. The number of hydrogen-bond donors (Lipinski definition) is 2. The molecule has 0 spiro atoms. The number of nitrogens with one attached hydrogen (secondary N) is 2. The van der Waals surface area contributed by atoms with Gasteiger partial charge in [-0.1, -0.05) is 12.8 Å². The van der Waals surface area contributed by atoms with Crippen molar-refractivity contribution in [2.45, 2.75) is 32.4 Å². The average molecular weight is 185 g/mol. The fourth-order valence-electron chi connectivity index (χ4n) is 1.30. The minimum Gasteiger partial charge on any atom is -0.302 e. The summed E-state index contributed by atoms with van der Waals surface area (Å²) in [5, 5.41) is 6.86. The molecule has 0 amide bonds. The molecule has 0 heterocycles. The second kappa shape index (κ2) is 5.58. The summed E-state index contributed by atoms with van der Waals surface area (Å²) in [7, 11) is 4.15. The predicted octanol–water partition coefficient (Wildman–Crippen LogP) is 0.831. The third-order valence-electron chi connectivity index (χ3n) is 2.41. The number of hydrogen-bond acceptors (Lipinski definition) is 3. The SMILES string of the molecule is CC(NCCC1CC1)NCN(C)C. The minimum absolute atomic E-state index is 0.432. The van der Waals surface area contributed by atoms with Gasteiger partial charge in [-0.15, -0.1) is 0 Å². The Bertz CT molecular complexity index is 132. The van der Waals surface area contributed by atoms with Crippen LogP contribution in [0.15, 0.2) is 0 Å². The molecule has 0 aromatic carbocycles. The zero-order valence-electron chi connectivity index (χ0n) is 9.14. The molecule has 2 N–H and O–H groups in total.